The first-order chi connectivity index (χ1) is 9.08. The average Bonchev–Trinajstić information content (AvgIpc) is 2.65. The molecular formula is C13H21N3O3. The van der Waals surface area contributed by atoms with E-state index in [4.69, 9.17) is 15.2 Å². The minimum Gasteiger partial charge on any atom is -0.462 e. The van der Waals surface area contributed by atoms with Crippen LogP contribution < -0.4 is 5.73 Å². The summed E-state index contributed by atoms with van der Waals surface area (Å²) in [6, 6.07) is 0. The van der Waals surface area contributed by atoms with Gasteiger partial charge in [0.2, 0.25) is 0 Å². The number of aromatic nitrogens is 2. The smallest absolute Gasteiger partial charge is 0.327 e. The van der Waals surface area contributed by atoms with Gasteiger partial charge in [-0.3, -0.25) is 9.48 Å². The van der Waals surface area contributed by atoms with E-state index in [1.807, 2.05) is 13.8 Å². The Bertz CT molecular complexity index is 450. The molecule has 0 saturated carbocycles. The Kier molecular flexibility index (Phi) is 4.42. The second-order valence-corrected chi connectivity index (χ2v) is 4.91. The van der Waals surface area contributed by atoms with Crippen LogP contribution in [0.15, 0.2) is 0 Å². The number of nitrogen functional groups attached to an aromatic ring is 1. The molecule has 2 heterocycles. The molecule has 1 fully saturated rings. The predicted molar refractivity (Wildman–Crippen MR) is 70.7 cm³/mol. The molecule has 6 heteroatoms. The van der Waals surface area contributed by atoms with Gasteiger partial charge in [0.05, 0.1) is 23.2 Å². The van der Waals surface area contributed by atoms with E-state index in [0.29, 0.717) is 12.3 Å². The largest absolute Gasteiger partial charge is 0.462 e. The summed E-state index contributed by atoms with van der Waals surface area (Å²) in [5.41, 5.74) is 7.97. The van der Waals surface area contributed by atoms with Crippen molar-refractivity contribution in [2.75, 3.05) is 18.9 Å². The van der Waals surface area contributed by atoms with Crippen LogP contribution in [0.25, 0.3) is 0 Å². The zero-order valence-electron chi connectivity index (χ0n) is 11.5. The number of nitrogens with two attached hydrogens (primary N) is 1. The van der Waals surface area contributed by atoms with Gasteiger partial charge in [-0.2, -0.15) is 5.10 Å². The van der Waals surface area contributed by atoms with E-state index < -0.39 is 0 Å². The third-order valence-electron chi connectivity index (χ3n) is 3.42. The highest BCUT2D eigenvalue weighted by atomic mass is 16.6. The Morgan fingerprint density at radius 1 is 1.53 bits per heavy atom. The van der Waals surface area contributed by atoms with Gasteiger partial charge in [-0.05, 0) is 33.1 Å². The molecule has 106 valence electrons. The molecule has 0 radical (unpaired) electrons. The van der Waals surface area contributed by atoms with Gasteiger partial charge in [0.25, 0.3) is 0 Å². The van der Waals surface area contributed by atoms with Gasteiger partial charge < -0.3 is 15.2 Å². The Labute approximate surface area is 112 Å². The van der Waals surface area contributed by atoms with Gasteiger partial charge >= 0.3 is 5.97 Å². The first kappa shape index (κ1) is 13.9. The molecule has 2 rings (SSSR count). The highest BCUT2D eigenvalue weighted by Gasteiger charge is 2.17. The van der Waals surface area contributed by atoms with E-state index in [2.05, 4.69) is 5.10 Å². The molecule has 0 bridgehead atoms. The maximum absolute atomic E-state index is 11.7. The van der Waals surface area contributed by atoms with E-state index in [0.717, 1.165) is 37.3 Å². The number of carbonyl (C=O) groups excluding carboxylic acids is 1. The minimum absolute atomic E-state index is 0.0447. The average molecular weight is 267 g/mol. The number of nitrogens with zero attached hydrogens (tertiary/aromatic N) is 2. The molecule has 0 amide bonds. The quantitative estimate of drug-likeness (QED) is 0.829. The number of anilines is 1. The van der Waals surface area contributed by atoms with E-state index >= 15 is 0 Å². The van der Waals surface area contributed by atoms with Crippen LogP contribution in [0.5, 0.6) is 0 Å². The monoisotopic (exact) mass is 267 g/mol. The maximum atomic E-state index is 11.7. The van der Waals surface area contributed by atoms with Crippen molar-refractivity contribution in [3.8, 4) is 0 Å². The van der Waals surface area contributed by atoms with Crippen LogP contribution in [0.1, 0.15) is 30.7 Å². The topological polar surface area (TPSA) is 79.4 Å². The summed E-state index contributed by atoms with van der Waals surface area (Å²) >= 11 is 0. The fraction of sp³-hybridized carbons (Fsp3) is 0.692. The second-order valence-electron chi connectivity index (χ2n) is 4.91. The lowest BCUT2D eigenvalue weighted by molar-refractivity contribution is -0.150. The number of esters is 1. The maximum Gasteiger partial charge on any atom is 0.327 e. The highest BCUT2D eigenvalue weighted by molar-refractivity contribution is 5.69. The Hall–Kier alpha value is -1.56. The summed E-state index contributed by atoms with van der Waals surface area (Å²) in [5, 5.41) is 4.20. The van der Waals surface area contributed by atoms with Crippen molar-refractivity contribution in [1.29, 1.82) is 0 Å². The zero-order valence-corrected chi connectivity index (χ0v) is 11.5. The third kappa shape index (κ3) is 3.47. The minimum atomic E-state index is -0.306. The van der Waals surface area contributed by atoms with Crippen molar-refractivity contribution in [2.45, 2.75) is 45.8 Å². The number of ether oxygens (including phenoxy) is 2. The molecule has 1 saturated heterocycles. The first-order valence-electron chi connectivity index (χ1n) is 6.64. The van der Waals surface area contributed by atoms with E-state index in [9.17, 15) is 4.79 Å². The second kappa shape index (κ2) is 6.06. The number of hydrogen-bond acceptors (Lipinski definition) is 5. The van der Waals surface area contributed by atoms with E-state index in [1.54, 1.807) is 4.68 Å². The summed E-state index contributed by atoms with van der Waals surface area (Å²) in [6.45, 7) is 4.84. The molecule has 19 heavy (non-hydrogen) atoms. The van der Waals surface area contributed by atoms with Gasteiger partial charge in [-0.15, -0.1) is 0 Å². The van der Waals surface area contributed by atoms with Gasteiger partial charge in [-0.25, -0.2) is 0 Å². The fourth-order valence-electron chi connectivity index (χ4n) is 2.16. The standard InChI is InChI=1S/C13H21N3O3/c1-9-13(14)10(2)16(15-9)7-12(17)19-8-11-5-3-4-6-18-11/h11H,3-8,14H2,1-2H3. The highest BCUT2D eigenvalue weighted by Crippen LogP contribution is 2.15. The Morgan fingerprint density at radius 2 is 2.32 bits per heavy atom. The molecule has 6 nitrogen and oxygen atoms in total. The lowest BCUT2D eigenvalue weighted by Gasteiger charge is -2.22. The van der Waals surface area contributed by atoms with Gasteiger partial charge in [-0.1, -0.05) is 0 Å². The molecular weight excluding hydrogens is 246 g/mol. The predicted octanol–water partition coefficient (Wildman–Crippen LogP) is 1.19. The summed E-state index contributed by atoms with van der Waals surface area (Å²) in [5.74, 6) is -0.306. The van der Waals surface area contributed by atoms with Gasteiger partial charge in [0, 0.05) is 6.61 Å². The van der Waals surface area contributed by atoms with Crippen molar-refractivity contribution in [2.24, 2.45) is 0 Å². The number of hydrogen-bond donors (Lipinski definition) is 1. The normalized spacial score (nSPS) is 19.4. The van der Waals surface area contributed by atoms with Crippen LogP contribution in [0.2, 0.25) is 0 Å². The number of carbonyl (C=O) groups is 1. The Morgan fingerprint density at radius 3 is 2.89 bits per heavy atom. The molecule has 1 atom stereocenters. The van der Waals surface area contributed by atoms with Crippen molar-refractivity contribution in [3.63, 3.8) is 0 Å². The summed E-state index contributed by atoms with van der Waals surface area (Å²) in [7, 11) is 0. The number of aryl methyl sites for hydroxylation is 1. The van der Waals surface area contributed by atoms with Gasteiger partial charge in [0.15, 0.2) is 0 Å². The molecule has 2 N–H and O–H groups in total. The Balaban J connectivity index is 1.82. The van der Waals surface area contributed by atoms with E-state index in [1.165, 1.54) is 0 Å². The van der Waals surface area contributed by atoms with Crippen LogP contribution in [0.4, 0.5) is 5.69 Å². The third-order valence-corrected chi connectivity index (χ3v) is 3.42. The molecule has 1 aliphatic heterocycles. The van der Waals surface area contributed by atoms with Gasteiger partial charge in [0.1, 0.15) is 13.2 Å². The summed E-state index contributed by atoms with van der Waals surface area (Å²) < 4.78 is 12.3. The molecule has 1 aromatic heterocycles. The molecule has 0 aromatic carbocycles. The first-order valence-corrected chi connectivity index (χ1v) is 6.64. The van der Waals surface area contributed by atoms with E-state index in [-0.39, 0.29) is 18.6 Å². The van der Waals surface area contributed by atoms with Crippen molar-refractivity contribution >= 4 is 11.7 Å². The molecule has 1 aliphatic rings. The van der Waals surface area contributed by atoms with Crippen molar-refractivity contribution in [1.82, 2.24) is 9.78 Å². The lowest BCUT2D eigenvalue weighted by Crippen LogP contribution is -2.27. The van der Waals surface area contributed by atoms with Crippen LogP contribution in [0, 0.1) is 13.8 Å². The fourth-order valence-corrected chi connectivity index (χ4v) is 2.16. The van der Waals surface area contributed by atoms with Crippen LogP contribution in [-0.2, 0) is 20.8 Å². The van der Waals surface area contributed by atoms with Crippen molar-refractivity contribution in [3.05, 3.63) is 11.4 Å². The van der Waals surface area contributed by atoms with Crippen LogP contribution in [-0.4, -0.2) is 35.1 Å². The molecule has 1 unspecified atom stereocenters. The molecule has 0 spiro atoms. The molecule has 1 aromatic rings. The summed E-state index contributed by atoms with van der Waals surface area (Å²) in [6.07, 6.45) is 3.23. The van der Waals surface area contributed by atoms with Crippen LogP contribution in [0.3, 0.4) is 0 Å². The lowest BCUT2D eigenvalue weighted by atomic mass is 10.1. The van der Waals surface area contributed by atoms with Crippen molar-refractivity contribution < 1.29 is 14.3 Å². The number of rotatable bonds is 4. The summed E-state index contributed by atoms with van der Waals surface area (Å²) in [4.78, 5) is 11.7. The van der Waals surface area contributed by atoms with Crippen LogP contribution >= 0.6 is 0 Å². The molecule has 0 aliphatic carbocycles. The SMILES string of the molecule is Cc1nn(CC(=O)OCC2CCCCO2)c(C)c1N. The zero-order chi connectivity index (χ0) is 13.8.